The van der Waals surface area contributed by atoms with E-state index in [1.54, 1.807) is 19.1 Å². The fourth-order valence-electron chi connectivity index (χ4n) is 1.32. The molecule has 0 bridgehead atoms. The third-order valence-corrected chi connectivity index (χ3v) is 2.19. The maximum absolute atomic E-state index is 11.5. The fraction of sp³-hybridized carbons (Fsp3) is 0.0769. The molecule has 17 heavy (non-hydrogen) atoms. The maximum atomic E-state index is 11.5. The Morgan fingerprint density at radius 3 is 2.82 bits per heavy atom. The van der Waals surface area contributed by atoms with E-state index in [4.69, 9.17) is 9.15 Å². The summed E-state index contributed by atoms with van der Waals surface area (Å²) >= 11 is 0. The third-order valence-electron chi connectivity index (χ3n) is 2.19. The van der Waals surface area contributed by atoms with Crippen LogP contribution in [0.2, 0.25) is 0 Å². The van der Waals surface area contributed by atoms with Gasteiger partial charge in [-0.3, -0.25) is 4.79 Å². The van der Waals surface area contributed by atoms with Crippen LogP contribution < -0.4 is 10.2 Å². The molecule has 86 valence electrons. The molecular formula is C13H10O4. The van der Waals surface area contributed by atoms with Gasteiger partial charge in [-0.25, -0.2) is 4.79 Å². The average molecular weight is 230 g/mol. The highest BCUT2D eigenvalue weighted by Crippen LogP contribution is 2.18. The Morgan fingerprint density at radius 1 is 1.35 bits per heavy atom. The minimum Gasteiger partial charge on any atom is -0.464 e. The number of hydrogen-bond acceptors (Lipinski definition) is 4. The minimum absolute atomic E-state index is 0.181. The van der Waals surface area contributed by atoms with E-state index in [9.17, 15) is 9.59 Å². The second-order valence-corrected chi connectivity index (χ2v) is 3.61. The number of rotatable bonds is 2. The van der Waals surface area contributed by atoms with Crippen LogP contribution in [0.25, 0.3) is 11.0 Å². The lowest BCUT2D eigenvalue weighted by Gasteiger charge is -2.04. The quantitative estimate of drug-likeness (QED) is 0.451. The van der Waals surface area contributed by atoms with Crippen molar-refractivity contribution >= 4 is 16.9 Å². The molecule has 0 fully saturated rings. The first kappa shape index (κ1) is 11.1. The number of carbonyl (C=O) groups excluding carboxylic acids is 1. The second kappa shape index (κ2) is 4.25. The maximum Gasteiger partial charge on any atom is 0.338 e. The van der Waals surface area contributed by atoms with Gasteiger partial charge in [0.2, 0.25) is 0 Å². The van der Waals surface area contributed by atoms with Crippen molar-refractivity contribution in [3.05, 3.63) is 52.9 Å². The summed E-state index contributed by atoms with van der Waals surface area (Å²) in [6, 6.07) is 5.93. The summed E-state index contributed by atoms with van der Waals surface area (Å²) in [5.74, 6) is -0.228. The number of hydrogen-bond donors (Lipinski definition) is 0. The highest BCUT2D eigenvalue weighted by molar-refractivity contribution is 5.89. The predicted molar refractivity (Wildman–Crippen MR) is 62.9 cm³/mol. The van der Waals surface area contributed by atoms with Gasteiger partial charge in [-0.2, -0.15) is 0 Å². The molecule has 0 spiro atoms. The standard InChI is InChI=1S/C13H10O4/c1-8(2)13(15)17-9-3-4-12-10(7-9)11(14)5-6-16-12/h3-7H,1H2,2H3. The normalized spacial score (nSPS) is 10.2. The van der Waals surface area contributed by atoms with E-state index in [0.717, 1.165) is 0 Å². The molecule has 1 heterocycles. The first-order chi connectivity index (χ1) is 8.08. The monoisotopic (exact) mass is 230 g/mol. The molecule has 0 unspecified atom stereocenters. The summed E-state index contributed by atoms with van der Waals surface area (Å²) < 4.78 is 10.2. The molecule has 1 aromatic carbocycles. The van der Waals surface area contributed by atoms with E-state index >= 15 is 0 Å². The lowest BCUT2D eigenvalue weighted by atomic mass is 10.2. The molecule has 1 aromatic heterocycles. The molecule has 0 saturated carbocycles. The largest absolute Gasteiger partial charge is 0.464 e. The van der Waals surface area contributed by atoms with Crippen molar-refractivity contribution in [2.45, 2.75) is 6.92 Å². The lowest BCUT2D eigenvalue weighted by molar-refractivity contribution is -0.130. The SMILES string of the molecule is C=C(C)C(=O)Oc1ccc2occc(=O)c2c1. The van der Waals surface area contributed by atoms with Gasteiger partial charge in [-0.15, -0.1) is 0 Å². The van der Waals surface area contributed by atoms with Crippen LogP contribution in [0.4, 0.5) is 0 Å². The van der Waals surface area contributed by atoms with Crippen LogP contribution in [-0.4, -0.2) is 5.97 Å². The molecule has 0 amide bonds. The fourth-order valence-corrected chi connectivity index (χ4v) is 1.32. The van der Waals surface area contributed by atoms with Crippen LogP contribution in [0.15, 0.2) is 51.9 Å². The number of esters is 1. The van der Waals surface area contributed by atoms with Crippen LogP contribution >= 0.6 is 0 Å². The van der Waals surface area contributed by atoms with Crippen LogP contribution in [0.3, 0.4) is 0 Å². The molecule has 0 radical (unpaired) electrons. The van der Waals surface area contributed by atoms with E-state index in [1.165, 1.54) is 18.4 Å². The number of carbonyl (C=O) groups is 1. The van der Waals surface area contributed by atoms with Gasteiger partial charge in [-0.05, 0) is 25.1 Å². The molecule has 0 aliphatic carbocycles. The van der Waals surface area contributed by atoms with Crippen LogP contribution in [0.5, 0.6) is 5.75 Å². The topological polar surface area (TPSA) is 56.5 Å². The zero-order chi connectivity index (χ0) is 12.4. The smallest absolute Gasteiger partial charge is 0.338 e. The van der Waals surface area contributed by atoms with Gasteiger partial charge >= 0.3 is 5.97 Å². The van der Waals surface area contributed by atoms with Gasteiger partial charge in [0.15, 0.2) is 5.43 Å². The Kier molecular flexibility index (Phi) is 2.78. The summed E-state index contributed by atoms with van der Waals surface area (Å²) in [4.78, 5) is 22.8. The molecule has 0 N–H and O–H groups in total. The van der Waals surface area contributed by atoms with Gasteiger partial charge in [0, 0.05) is 11.6 Å². The first-order valence-corrected chi connectivity index (χ1v) is 4.97. The van der Waals surface area contributed by atoms with E-state index in [0.29, 0.717) is 22.3 Å². The van der Waals surface area contributed by atoms with Crippen LogP contribution in [-0.2, 0) is 4.79 Å². The van der Waals surface area contributed by atoms with Gasteiger partial charge in [-0.1, -0.05) is 6.58 Å². The van der Waals surface area contributed by atoms with Crippen molar-refractivity contribution in [1.82, 2.24) is 0 Å². The number of fused-ring (bicyclic) bond motifs is 1. The van der Waals surface area contributed by atoms with E-state index in [1.807, 2.05) is 0 Å². The Balaban J connectivity index is 2.44. The zero-order valence-electron chi connectivity index (χ0n) is 9.23. The van der Waals surface area contributed by atoms with Crippen molar-refractivity contribution in [2.75, 3.05) is 0 Å². The van der Waals surface area contributed by atoms with Crippen molar-refractivity contribution in [2.24, 2.45) is 0 Å². The summed E-state index contributed by atoms with van der Waals surface area (Å²) in [6.07, 6.45) is 1.32. The Morgan fingerprint density at radius 2 is 2.12 bits per heavy atom. The lowest BCUT2D eigenvalue weighted by Crippen LogP contribution is -2.08. The highest BCUT2D eigenvalue weighted by atomic mass is 16.5. The average Bonchev–Trinajstić information content (AvgIpc) is 2.30. The first-order valence-electron chi connectivity index (χ1n) is 4.97. The van der Waals surface area contributed by atoms with Gasteiger partial charge in [0.05, 0.1) is 11.6 Å². The number of benzene rings is 1. The van der Waals surface area contributed by atoms with E-state index < -0.39 is 5.97 Å². The molecule has 2 aromatic rings. The van der Waals surface area contributed by atoms with Gasteiger partial charge < -0.3 is 9.15 Å². The van der Waals surface area contributed by atoms with Gasteiger partial charge in [0.1, 0.15) is 11.3 Å². The predicted octanol–water partition coefficient (Wildman–Crippen LogP) is 2.27. The van der Waals surface area contributed by atoms with Crippen LogP contribution in [0.1, 0.15) is 6.92 Å². The van der Waals surface area contributed by atoms with Crippen molar-refractivity contribution in [3.63, 3.8) is 0 Å². The Labute approximate surface area is 97.1 Å². The zero-order valence-corrected chi connectivity index (χ0v) is 9.23. The molecule has 0 aliphatic rings. The summed E-state index contributed by atoms with van der Waals surface area (Å²) in [7, 11) is 0. The summed E-state index contributed by atoms with van der Waals surface area (Å²) in [5, 5.41) is 0.375. The molecule has 0 aliphatic heterocycles. The Bertz CT molecular complexity index is 652. The molecule has 0 atom stereocenters. The molecular weight excluding hydrogens is 220 g/mol. The van der Waals surface area contributed by atoms with Crippen molar-refractivity contribution < 1.29 is 13.9 Å². The second-order valence-electron chi connectivity index (χ2n) is 3.61. The molecule has 0 saturated heterocycles. The number of ether oxygens (including phenoxy) is 1. The van der Waals surface area contributed by atoms with Crippen LogP contribution in [0, 0.1) is 0 Å². The molecule has 2 rings (SSSR count). The van der Waals surface area contributed by atoms with Crippen molar-refractivity contribution in [1.29, 1.82) is 0 Å². The Hall–Kier alpha value is -2.36. The third kappa shape index (κ3) is 2.25. The minimum atomic E-state index is -0.523. The van der Waals surface area contributed by atoms with Gasteiger partial charge in [0.25, 0.3) is 0 Å². The molecule has 4 heteroatoms. The van der Waals surface area contributed by atoms with E-state index in [-0.39, 0.29) is 5.43 Å². The highest BCUT2D eigenvalue weighted by Gasteiger charge is 2.07. The summed E-state index contributed by atoms with van der Waals surface area (Å²) in [5.41, 5.74) is 0.567. The summed E-state index contributed by atoms with van der Waals surface area (Å²) in [6.45, 7) is 5.03. The molecule has 4 nitrogen and oxygen atoms in total. The van der Waals surface area contributed by atoms with E-state index in [2.05, 4.69) is 6.58 Å². The van der Waals surface area contributed by atoms with Crippen molar-refractivity contribution in [3.8, 4) is 5.75 Å².